The van der Waals surface area contributed by atoms with E-state index in [0.29, 0.717) is 22.3 Å². The summed E-state index contributed by atoms with van der Waals surface area (Å²) in [4.78, 5) is 18.5. The molecule has 0 radical (unpaired) electrons. The number of carbonyl (C=O) groups is 1. The van der Waals surface area contributed by atoms with Crippen LogP contribution in [0, 0.1) is 5.41 Å². The number of ether oxygens (including phenoxy) is 1. The number of halogens is 2. The molecule has 2 aromatic rings. The number of nitrogens with one attached hydrogen (secondary N) is 1. The zero-order valence-corrected chi connectivity index (χ0v) is 19.0. The summed E-state index contributed by atoms with van der Waals surface area (Å²) in [6, 6.07) is 11.5. The van der Waals surface area contributed by atoms with Gasteiger partial charge in [0.1, 0.15) is 11.6 Å². The van der Waals surface area contributed by atoms with Crippen LogP contribution in [0.3, 0.4) is 0 Å². The van der Waals surface area contributed by atoms with Gasteiger partial charge >= 0.3 is 0 Å². The molecule has 0 bridgehead atoms. The number of carbonyl (C=O) groups excluding carboxylic acids is 1. The van der Waals surface area contributed by atoms with Crippen LogP contribution < -0.4 is 15.8 Å². The molecular formula is C23H26Cl2N4O2. The summed E-state index contributed by atoms with van der Waals surface area (Å²) in [5, 5.41) is 4.70. The number of aliphatic imine (C=N–C) groups is 1. The van der Waals surface area contributed by atoms with Crippen molar-refractivity contribution >= 4 is 40.6 Å². The summed E-state index contributed by atoms with van der Waals surface area (Å²) < 4.78 is 5.52. The number of primary amides is 1. The lowest BCUT2D eigenvalue weighted by Crippen LogP contribution is -2.49. The first-order valence-corrected chi connectivity index (χ1v) is 11.1. The molecule has 8 heteroatoms. The van der Waals surface area contributed by atoms with Crippen molar-refractivity contribution < 1.29 is 9.53 Å². The summed E-state index contributed by atoms with van der Waals surface area (Å²) in [6.45, 7) is 2.37. The zero-order valence-electron chi connectivity index (χ0n) is 17.5. The predicted molar refractivity (Wildman–Crippen MR) is 125 cm³/mol. The van der Waals surface area contributed by atoms with Gasteiger partial charge in [-0.05, 0) is 74.8 Å². The highest BCUT2D eigenvalue weighted by Gasteiger charge is 2.42. The van der Waals surface area contributed by atoms with Crippen LogP contribution in [0.2, 0.25) is 10.0 Å². The molecule has 164 valence electrons. The standard InChI is InChI=1S/C23H26Cl2N4O2/c1-29-7-5-23(6-8-29)12-16-10-20(31-14-21(26)30)18(25)11-19(16)28-22(23)27-13-15-3-2-4-17(24)9-15/h2-4,9-11H,5-8,12-14H2,1H3,(H2,26,30)(H,27,28). The number of amides is 1. The molecule has 2 aromatic carbocycles. The molecule has 4 rings (SSSR count). The fourth-order valence-corrected chi connectivity index (χ4v) is 4.73. The van der Waals surface area contributed by atoms with Crippen molar-refractivity contribution in [3.05, 3.63) is 57.6 Å². The maximum atomic E-state index is 11.1. The topological polar surface area (TPSA) is 80.0 Å². The lowest BCUT2D eigenvalue weighted by molar-refractivity contribution is -0.119. The molecule has 0 aliphatic carbocycles. The lowest BCUT2D eigenvalue weighted by atomic mass is 9.70. The Kier molecular flexibility index (Phi) is 6.42. The quantitative estimate of drug-likeness (QED) is 0.702. The Labute approximate surface area is 192 Å². The number of piperidine rings is 1. The van der Waals surface area contributed by atoms with Gasteiger partial charge in [0.15, 0.2) is 6.61 Å². The van der Waals surface area contributed by atoms with Crippen molar-refractivity contribution in [1.82, 2.24) is 4.90 Å². The SMILES string of the molecule is CN1CCC2(CC1)Cc1cc(OCC(N)=O)c(Cl)cc1NC2=NCc1cccc(Cl)c1. The molecule has 6 nitrogen and oxygen atoms in total. The van der Waals surface area contributed by atoms with Gasteiger partial charge in [-0.1, -0.05) is 35.3 Å². The van der Waals surface area contributed by atoms with E-state index in [2.05, 4.69) is 17.3 Å². The molecule has 2 heterocycles. The second-order valence-corrected chi connectivity index (χ2v) is 9.22. The minimum absolute atomic E-state index is 0.0765. The van der Waals surface area contributed by atoms with Gasteiger partial charge in [0.05, 0.1) is 11.6 Å². The first-order chi connectivity index (χ1) is 14.8. The Morgan fingerprint density at radius 2 is 2.03 bits per heavy atom. The van der Waals surface area contributed by atoms with Crippen molar-refractivity contribution in [2.75, 3.05) is 32.1 Å². The Hall–Kier alpha value is -2.28. The number of hydrogen-bond donors (Lipinski definition) is 2. The van der Waals surface area contributed by atoms with Gasteiger partial charge in [-0.2, -0.15) is 0 Å². The van der Waals surface area contributed by atoms with Crippen LogP contribution in [0.25, 0.3) is 0 Å². The maximum absolute atomic E-state index is 11.1. The Balaban J connectivity index is 1.66. The van der Waals surface area contributed by atoms with Crippen LogP contribution in [-0.2, 0) is 17.8 Å². The molecule has 2 aliphatic heterocycles. The van der Waals surface area contributed by atoms with Crippen LogP contribution in [0.15, 0.2) is 41.4 Å². The summed E-state index contributed by atoms with van der Waals surface area (Å²) in [6.07, 6.45) is 2.84. The van der Waals surface area contributed by atoms with E-state index in [4.69, 9.17) is 38.7 Å². The third kappa shape index (κ3) is 4.97. The van der Waals surface area contributed by atoms with Crippen molar-refractivity contribution in [2.24, 2.45) is 16.1 Å². The van der Waals surface area contributed by atoms with E-state index in [-0.39, 0.29) is 12.0 Å². The second kappa shape index (κ2) is 9.07. The monoisotopic (exact) mass is 460 g/mol. The van der Waals surface area contributed by atoms with Crippen LogP contribution >= 0.6 is 23.2 Å². The van der Waals surface area contributed by atoms with E-state index < -0.39 is 5.91 Å². The molecule has 1 saturated heterocycles. The molecule has 1 fully saturated rings. The van der Waals surface area contributed by atoms with Crippen LogP contribution in [0.5, 0.6) is 5.75 Å². The summed E-state index contributed by atoms with van der Waals surface area (Å²) in [5.74, 6) is 0.937. The van der Waals surface area contributed by atoms with E-state index in [0.717, 1.165) is 55.0 Å². The molecule has 0 aromatic heterocycles. The smallest absolute Gasteiger partial charge is 0.255 e. The van der Waals surface area contributed by atoms with E-state index in [1.165, 1.54) is 0 Å². The van der Waals surface area contributed by atoms with E-state index in [9.17, 15) is 4.79 Å². The highest BCUT2D eigenvalue weighted by atomic mass is 35.5. The molecule has 0 atom stereocenters. The number of amidine groups is 1. The second-order valence-electron chi connectivity index (χ2n) is 8.37. The molecular weight excluding hydrogens is 435 g/mol. The van der Waals surface area contributed by atoms with Gasteiger partial charge in [-0.15, -0.1) is 0 Å². The number of nitrogens with two attached hydrogens (primary N) is 1. The number of nitrogens with zero attached hydrogens (tertiary/aromatic N) is 2. The molecule has 3 N–H and O–H groups in total. The molecule has 0 saturated carbocycles. The fourth-order valence-electron chi connectivity index (χ4n) is 4.30. The zero-order chi connectivity index (χ0) is 22.0. The van der Waals surface area contributed by atoms with Crippen LogP contribution in [0.1, 0.15) is 24.0 Å². The van der Waals surface area contributed by atoms with E-state index in [1.54, 1.807) is 0 Å². The van der Waals surface area contributed by atoms with E-state index >= 15 is 0 Å². The average Bonchev–Trinajstić information content (AvgIpc) is 2.73. The summed E-state index contributed by atoms with van der Waals surface area (Å²) >= 11 is 12.5. The minimum atomic E-state index is -0.533. The lowest BCUT2D eigenvalue weighted by Gasteiger charge is -2.45. The van der Waals surface area contributed by atoms with Crippen LogP contribution in [0.4, 0.5) is 5.69 Å². The molecule has 1 spiro atoms. The van der Waals surface area contributed by atoms with Crippen molar-refractivity contribution in [2.45, 2.75) is 25.8 Å². The molecule has 1 amide bonds. The fraction of sp³-hybridized carbons (Fsp3) is 0.391. The average molecular weight is 461 g/mol. The Bertz CT molecular complexity index is 1020. The summed E-state index contributed by atoms with van der Waals surface area (Å²) in [7, 11) is 2.15. The predicted octanol–water partition coefficient (Wildman–Crippen LogP) is 4.14. The maximum Gasteiger partial charge on any atom is 0.255 e. The number of likely N-dealkylation sites (tertiary alicyclic amines) is 1. The van der Waals surface area contributed by atoms with Crippen molar-refractivity contribution in [3.8, 4) is 5.75 Å². The highest BCUT2D eigenvalue weighted by molar-refractivity contribution is 6.32. The largest absolute Gasteiger partial charge is 0.482 e. The van der Waals surface area contributed by atoms with E-state index in [1.807, 2.05) is 36.4 Å². The van der Waals surface area contributed by atoms with Gasteiger partial charge < -0.3 is 20.7 Å². The van der Waals surface area contributed by atoms with Gasteiger partial charge in [0, 0.05) is 16.1 Å². The molecule has 31 heavy (non-hydrogen) atoms. The third-order valence-electron chi connectivity index (χ3n) is 6.06. The van der Waals surface area contributed by atoms with Crippen molar-refractivity contribution in [1.29, 1.82) is 0 Å². The summed E-state index contributed by atoms with van der Waals surface area (Å²) in [5.41, 5.74) is 8.24. The van der Waals surface area contributed by atoms with Gasteiger partial charge in [-0.25, -0.2) is 0 Å². The first-order valence-electron chi connectivity index (χ1n) is 10.3. The molecule has 2 aliphatic rings. The number of hydrogen-bond acceptors (Lipinski definition) is 4. The first kappa shape index (κ1) is 21.9. The third-order valence-corrected chi connectivity index (χ3v) is 6.60. The van der Waals surface area contributed by atoms with Gasteiger partial charge in [0.25, 0.3) is 5.91 Å². The molecule has 0 unspecified atom stereocenters. The number of benzene rings is 2. The normalized spacial score (nSPS) is 19.1. The number of fused-ring (bicyclic) bond motifs is 1. The number of rotatable bonds is 5. The van der Waals surface area contributed by atoms with Crippen molar-refractivity contribution in [3.63, 3.8) is 0 Å². The highest BCUT2D eigenvalue weighted by Crippen LogP contribution is 2.44. The Morgan fingerprint density at radius 3 is 2.74 bits per heavy atom. The van der Waals surface area contributed by atoms with Gasteiger partial charge in [0.2, 0.25) is 0 Å². The van der Waals surface area contributed by atoms with Crippen LogP contribution in [-0.4, -0.2) is 43.4 Å². The van der Waals surface area contributed by atoms with Gasteiger partial charge in [-0.3, -0.25) is 9.79 Å². The Morgan fingerprint density at radius 1 is 1.26 bits per heavy atom. The number of anilines is 1. The minimum Gasteiger partial charge on any atom is -0.482 e.